The van der Waals surface area contributed by atoms with Gasteiger partial charge in [0.25, 0.3) is 5.56 Å². The Hall–Kier alpha value is -2.40. The molecule has 0 amide bonds. The molecule has 2 aromatic heterocycles. The fourth-order valence-corrected chi connectivity index (χ4v) is 5.17. The molecule has 0 saturated heterocycles. The Kier molecular flexibility index (Phi) is 4.64. The molecule has 3 aromatic rings. The standard InChI is InChI=1S/C21H22N2O2S/c1-2-13-23-20-18(16-10-6-7-11-17(16)26-20)19(24)22(21(23)25)14-12-15-8-4-3-5-9-15/h2-5,8-9H,1,6-7,10-14H2. The first-order valence-corrected chi connectivity index (χ1v) is 9.95. The van der Waals surface area contributed by atoms with Gasteiger partial charge in [0, 0.05) is 18.0 Å². The molecule has 0 bridgehead atoms. The zero-order chi connectivity index (χ0) is 18.1. The lowest BCUT2D eigenvalue weighted by molar-refractivity contribution is 0.594. The Labute approximate surface area is 156 Å². The molecule has 0 fully saturated rings. The van der Waals surface area contributed by atoms with Gasteiger partial charge < -0.3 is 0 Å². The van der Waals surface area contributed by atoms with E-state index in [4.69, 9.17) is 0 Å². The maximum Gasteiger partial charge on any atom is 0.332 e. The van der Waals surface area contributed by atoms with Crippen molar-refractivity contribution in [2.45, 2.75) is 45.2 Å². The lowest BCUT2D eigenvalue weighted by Crippen LogP contribution is -2.40. The Balaban J connectivity index is 1.88. The number of nitrogens with zero attached hydrogens (tertiary/aromatic N) is 2. The summed E-state index contributed by atoms with van der Waals surface area (Å²) in [5.41, 5.74) is 1.95. The van der Waals surface area contributed by atoms with Crippen LogP contribution < -0.4 is 11.2 Å². The Morgan fingerprint density at radius 1 is 1.08 bits per heavy atom. The number of hydrogen-bond donors (Lipinski definition) is 0. The van der Waals surface area contributed by atoms with Gasteiger partial charge in [-0.1, -0.05) is 36.4 Å². The third kappa shape index (κ3) is 2.86. The van der Waals surface area contributed by atoms with Crippen molar-refractivity contribution in [3.05, 3.63) is 79.8 Å². The highest BCUT2D eigenvalue weighted by Crippen LogP contribution is 2.34. The highest BCUT2D eigenvalue weighted by molar-refractivity contribution is 7.18. The fraction of sp³-hybridized carbons (Fsp3) is 0.333. The smallest absolute Gasteiger partial charge is 0.280 e. The van der Waals surface area contributed by atoms with Gasteiger partial charge in [0.1, 0.15) is 4.83 Å². The fourth-order valence-electron chi connectivity index (χ4n) is 3.79. The number of benzene rings is 1. The molecule has 0 spiro atoms. The topological polar surface area (TPSA) is 44.0 Å². The number of aromatic nitrogens is 2. The van der Waals surface area contributed by atoms with Gasteiger partial charge in [0.15, 0.2) is 0 Å². The summed E-state index contributed by atoms with van der Waals surface area (Å²) in [5.74, 6) is 0. The molecule has 134 valence electrons. The van der Waals surface area contributed by atoms with Crippen LogP contribution in [0.15, 0.2) is 52.6 Å². The predicted molar refractivity (Wildman–Crippen MR) is 107 cm³/mol. The molecule has 0 saturated carbocycles. The van der Waals surface area contributed by atoms with Crippen molar-refractivity contribution in [3.8, 4) is 0 Å². The molecular weight excluding hydrogens is 344 g/mol. The van der Waals surface area contributed by atoms with Crippen LogP contribution >= 0.6 is 11.3 Å². The van der Waals surface area contributed by atoms with Crippen molar-refractivity contribution >= 4 is 21.6 Å². The van der Waals surface area contributed by atoms with Crippen LogP contribution in [0.3, 0.4) is 0 Å². The maximum absolute atomic E-state index is 13.2. The average molecular weight is 366 g/mol. The highest BCUT2D eigenvalue weighted by atomic mass is 32.1. The summed E-state index contributed by atoms with van der Waals surface area (Å²) in [7, 11) is 0. The van der Waals surface area contributed by atoms with Gasteiger partial charge >= 0.3 is 5.69 Å². The van der Waals surface area contributed by atoms with E-state index in [9.17, 15) is 9.59 Å². The number of allylic oxidation sites excluding steroid dienone is 1. The SMILES string of the molecule is C=CCn1c(=O)n(CCc2ccccc2)c(=O)c2c3c(sc21)CCCC3. The van der Waals surface area contributed by atoms with Crippen molar-refractivity contribution in [1.29, 1.82) is 0 Å². The van der Waals surface area contributed by atoms with E-state index in [1.54, 1.807) is 22.0 Å². The summed E-state index contributed by atoms with van der Waals surface area (Å²) >= 11 is 1.62. The van der Waals surface area contributed by atoms with Crippen molar-refractivity contribution in [2.75, 3.05) is 0 Å². The van der Waals surface area contributed by atoms with Crippen molar-refractivity contribution in [3.63, 3.8) is 0 Å². The van der Waals surface area contributed by atoms with Crippen LogP contribution in [0.1, 0.15) is 28.8 Å². The number of thiophene rings is 1. The van der Waals surface area contributed by atoms with Gasteiger partial charge in [-0.2, -0.15) is 0 Å². The first-order chi connectivity index (χ1) is 12.7. The minimum atomic E-state index is -0.225. The zero-order valence-corrected chi connectivity index (χ0v) is 15.6. The van der Waals surface area contributed by atoms with Gasteiger partial charge in [-0.05, 0) is 43.2 Å². The van der Waals surface area contributed by atoms with Crippen LogP contribution in [0.4, 0.5) is 0 Å². The third-order valence-electron chi connectivity index (χ3n) is 5.10. The summed E-state index contributed by atoms with van der Waals surface area (Å²) in [6.07, 6.45) is 6.63. The average Bonchev–Trinajstić information content (AvgIpc) is 3.05. The van der Waals surface area contributed by atoms with E-state index in [0.717, 1.165) is 41.5 Å². The molecule has 0 aliphatic heterocycles. The maximum atomic E-state index is 13.2. The summed E-state index contributed by atoms with van der Waals surface area (Å²) in [4.78, 5) is 28.3. The monoisotopic (exact) mass is 366 g/mol. The van der Waals surface area contributed by atoms with Crippen molar-refractivity contribution in [2.24, 2.45) is 0 Å². The van der Waals surface area contributed by atoms with Gasteiger partial charge in [-0.3, -0.25) is 13.9 Å². The number of rotatable bonds is 5. The minimum absolute atomic E-state index is 0.124. The van der Waals surface area contributed by atoms with E-state index < -0.39 is 0 Å². The van der Waals surface area contributed by atoms with E-state index in [0.29, 0.717) is 19.5 Å². The molecule has 0 unspecified atom stereocenters. The van der Waals surface area contributed by atoms with Gasteiger partial charge in [-0.15, -0.1) is 17.9 Å². The van der Waals surface area contributed by atoms with Gasteiger partial charge in [0.05, 0.1) is 5.39 Å². The summed E-state index contributed by atoms with van der Waals surface area (Å²) < 4.78 is 3.14. The molecule has 4 rings (SSSR count). The van der Waals surface area contributed by atoms with Crippen LogP contribution in [0.25, 0.3) is 10.2 Å². The van der Waals surface area contributed by atoms with Crippen LogP contribution in [0.5, 0.6) is 0 Å². The highest BCUT2D eigenvalue weighted by Gasteiger charge is 2.23. The van der Waals surface area contributed by atoms with Crippen molar-refractivity contribution in [1.82, 2.24) is 9.13 Å². The first kappa shape index (κ1) is 17.0. The minimum Gasteiger partial charge on any atom is -0.280 e. The molecule has 26 heavy (non-hydrogen) atoms. The third-order valence-corrected chi connectivity index (χ3v) is 6.41. The zero-order valence-electron chi connectivity index (χ0n) is 14.7. The number of aryl methyl sites for hydroxylation is 3. The molecule has 5 heteroatoms. The normalized spacial score (nSPS) is 13.7. The second-order valence-electron chi connectivity index (χ2n) is 6.77. The van der Waals surface area contributed by atoms with Crippen LogP contribution in [-0.4, -0.2) is 9.13 Å². The van der Waals surface area contributed by atoms with E-state index in [1.165, 1.54) is 15.0 Å². The molecule has 1 aliphatic rings. The quantitative estimate of drug-likeness (QED) is 0.649. The van der Waals surface area contributed by atoms with Crippen LogP contribution in [-0.2, 0) is 32.4 Å². The van der Waals surface area contributed by atoms with Crippen LogP contribution in [0, 0.1) is 0 Å². The molecule has 4 nitrogen and oxygen atoms in total. The molecule has 1 aliphatic carbocycles. The number of fused-ring (bicyclic) bond motifs is 3. The van der Waals surface area contributed by atoms with E-state index in [1.807, 2.05) is 30.3 Å². The summed E-state index contributed by atoms with van der Waals surface area (Å²) in [6.45, 7) is 4.62. The van der Waals surface area contributed by atoms with Gasteiger partial charge in [-0.25, -0.2) is 4.79 Å². The lowest BCUT2D eigenvalue weighted by atomic mass is 9.97. The van der Waals surface area contributed by atoms with E-state index in [-0.39, 0.29) is 11.2 Å². The molecule has 0 radical (unpaired) electrons. The Morgan fingerprint density at radius 3 is 2.62 bits per heavy atom. The first-order valence-electron chi connectivity index (χ1n) is 9.13. The Morgan fingerprint density at radius 2 is 1.85 bits per heavy atom. The Bertz CT molecular complexity index is 1070. The molecule has 1 aromatic carbocycles. The number of hydrogen-bond acceptors (Lipinski definition) is 3. The van der Waals surface area contributed by atoms with Gasteiger partial charge in [0.2, 0.25) is 0 Å². The second-order valence-corrected chi connectivity index (χ2v) is 7.85. The molecule has 0 atom stereocenters. The lowest BCUT2D eigenvalue weighted by Gasteiger charge is -2.12. The summed E-state index contributed by atoms with van der Waals surface area (Å²) in [5, 5.41) is 0.763. The largest absolute Gasteiger partial charge is 0.332 e. The molecule has 2 heterocycles. The second kappa shape index (κ2) is 7.08. The summed E-state index contributed by atoms with van der Waals surface area (Å²) in [6, 6.07) is 9.98. The van der Waals surface area contributed by atoms with E-state index >= 15 is 0 Å². The molecule has 0 N–H and O–H groups in total. The molecular formula is C21H22N2O2S. The van der Waals surface area contributed by atoms with E-state index in [2.05, 4.69) is 6.58 Å². The van der Waals surface area contributed by atoms with Crippen LogP contribution in [0.2, 0.25) is 0 Å². The van der Waals surface area contributed by atoms with Crippen molar-refractivity contribution < 1.29 is 0 Å². The predicted octanol–water partition coefficient (Wildman–Crippen LogP) is 3.53.